The summed E-state index contributed by atoms with van der Waals surface area (Å²) in [4.78, 5) is 12.2. The van der Waals surface area contributed by atoms with Gasteiger partial charge in [0.25, 0.3) is 5.91 Å². The number of rotatable bonds is 2. The fraction of sp³-hybridized carbons (Fsp3) is 0. The first-order valence-corrected chi connectivity index (χ1v) is 7.77. The Morgan fingerprint density at radius 3 is 2.45 bits per heavy atom. The van der Waals surface area contributed by atoms with E-state index in [0.717, 1.165) is 8.95 Å². The molecule has 0 bridgehead atoms. The van der Waals surface area contributed by atoms with E-state index in [1.165, 1.54) is 12.1 Å². The van der Waals surface area contributed by atoms with Crippen LogP contribution in [-0.2, 0) is 0 Å². The van der Waals surface area contributed by atoms with E-state index in [2.05, 4.69) is 53.1 Å². The molecule has 0 spiro atoms. The van der Waals surface area contributed by atoms with Gasteiger partial charge in [0.2, 0.25) is 0 Å². The first-order chi connectivity index (χ1) is 9.38. The largest absolute Gasteiger partial charge is 0.396 e. The van der Waals surface area contributed by atoms with Gasteiger partial charge in [0, 0.05) is 13.4 Å². The van der Waals surface area contributed by atoms with Gasteiger partial charge in [0.1, 0.15) is 5.82 Å². The second-order valence-electron chi connectivity index (χ2n) is 3.93. The highest BCUT2D eigenvalue weighted by molar-refractivity contribution is 9.11. The molecule has 0 aliphatic heterocycles. The monoisotopic (exact) mass is 464 g/mol. The van der Waals surface area contributed by atoms with E-state index in [4.69, 9.17) is 5.73 Å². The van der Waals surface area contributed by atoms with Crippen molar-refractivity contribution in [2.24, 2.45) is 0 Å². The molecule has 2 aromatic carbocycles. The molecule has 2 aromatic rings. The van der Waals surface area contributed by atoms with Gasteiger partial charge in [0.05, 0.1) is 16.9 Å². The van der Waals surface area contributed by atoms with E-state index in [1.54, 1.807) is 12.1 Å². The summed E-state index contributed by atoms with van der Waals surface area (Å²) in [5.41, 5.74) is 6.27. The Morgan fingerprint density at radius 2 is 1.80 bits per heavy atom. The lowest BCUT2D eigenvalue weighted by atomic mass is 10.1. The van der Waals surface area contributed by atoms with Gasteiger partial charge in [-0.3, -0.25) is 4.79 Å². The number of nitrogen functional groups attached to an aromatic ring is 1. The molecule has 1 amide bonds. The average molecular weight is 467 g/mol. The molecule has 0 atom stereocenters. The van der Waals surface area contributed by atoms with Crippen molar-refractivity contribution in [3.05, 3.63) is 55.1 Å². The quantitative estimate of drug-likeness (QED) is 0.615. The van der Waals surface area contributed by atoms with E-state index in [-0.39, 0.29) is 17.2 Å². The first-order valence-electron chi connectivity index (χ1n) is 5.39. The van der Waals surface area contributed by atoms with Crippen molar-refractivity contribution in [1.29, 1.82) is 0 Å². The van der Waals surface area contributed by atoms with Crippen LogP contribution in [-0.4, -0.2) is 5.91 Å². The maximum atomic E-state index is 13.3. The lowest BCUT2D eigenvalue weighted by Gasteiger charge is -2.10. The fourth-order valence-electron chi connectivity index (χ4n) is 1.52. The number of nitrogens with one attached hydrogen (secondary N) is 1. The molecule has 2 rings (SSSR count). The Kier molecular flexibility index (Phi) is 4.82. The molecule has 0 saturated heterocycles. The minimum atomic E-state index is -0.571. The number of nitrogens with two attached hydrogens (primary N) is 1. The summed E-state index contributed by atoms with van der Waals surface area (Å²) < 4.78 is 15.2. The third-order valence-corrected chi connectivity index (χ3v) is 4.32. The number of hydrogen-bond donors (Lipinski definition) is 2. The smallest absolute Gasteiger partial charge is 0.256 e. The Morgan fingerprint density at radius 1 is 1.10 bits per heavy atom. The minimum absolute atomic E-state index is 0.0757. The van der Waals surface area contributed by atoms with Crippen molar-refractivity contribution < 1.29 is 9.18 Å². The maximum Gasteiger partial charge on any atom is 0.256 e. The van der Waals surface area contributed by atoms with Crippen molar-refractivity contribution in [1.82, 2.24) is 0 Å². The summed E-state index contributed by atoms with van der Waals surface area (Å²) in [7, 11) is 0. The van der Waals surface area contributed by atoms with E-state index in [0.29, 0.717) is 10.2 Å². The molecule has 0 aromatic heterocycles. The topological polar surface area (TPSA) is 55.1 Å². The summed E-state index contributed by atoms with van der Waals surface area (Å²) in [6, 6.07) is 7.81. The Balaban J connectivity index is 2.31. The van der Waals surface area contributed by atoms with Crippen molar-refractivity contribution in [3.63, 3.8) is 0 Å². The molecule has 0 fully saturated rings. The number of hydrogen-bond acceptors (Lipinski definition) is 2. The molecule has 3 nitrogen and oxygen atoms in total. The summed E-state index contributed by atoms with van der Waals surface area (Å²) in [5, 5.41) is 2.73. The van der Waals surface area contributed by atoms with E-state index < -0.39 is 5.82 Å². The van der Waals surface area contributed by atoms with Gasteiger partial charge in [-0.1, -0.05) is 15.9 Å². The highest BCUT2D eigenvalue weighted by Crippen LogP contribution is 2.28. The molecule has 0 aliphatic carbocycles. The van der Waals surface area contributed by atoms with Crippen molar-refractivity contribution in [2.45, 2.75) is 0 Å². The molecule has 0 saturated carbocycles. The molecular formula is C13H8Br3FN2O. The van der Waals surface area contributed by atoms with Gasteiger partial charge >= 0.3 is 0 Å². The molecule has 0 aliphatic rings. The first kappa shape index (κ1) is 15.5. The second kappa shape index (κ2) is 6.24. The Hall–Kier alpha value is -0.920. The lowest BCUT2D eigenvalue weighted by Crippen LogP contribution is -2.13. The van der Waals surface area contributed by atoms with Crippen LogP contribution >= 0.6 is 47.8 Å². The highest BCUT2D eigenvalue weighted by atomic mass is 79.9. The number of carbonyl (C=O) groups is 1. The predicted molar refractivity (Wildman–Crippen MR) is 88.3 cm³/mol. The zero-order valence-electron chi connectivity index (χ0n) is 9.88. The van der Waals surface area contributed by atoms with Crippen LogP contribution in [0.3, 0.4) is 0 Å². The van der Waals surface area contributed by atoms with Crippen LogP contribution in [0.5, 0.6) is 0 Å². The van der Waals surface area contributed by atoms with Crippen LogP contribution < -0.4 is 11.1 Å². The van der Waals surface area contributed by atoms with E-state index in [1.807, 2.05) is 6.07 Å². The van der Waals surface area contributed by atoms with Crippen molar-refractivity contribution >= 4 is 65.1 Å². The van der Waals surface area contributed by atoms with Gasteiger partial charge in [-0.2, -0.15) is 0 Å². The SMILES string of the molecule is Nc1cc(C(=O)Nc2ccc(Br)cc2Br)c(Br)cc1F. The maximum absolute atomic E-state index is 13.3. The van der Waals surface area contributed by atoms with Crippen LogP contribution in [0, 0.1) is 5.82 Å². The van der Waals surface area contributed by atoms with Gasteiger partial charge in [-0.05, 0) is 62.2 Å². The number of benzene rings is 2. The Bertz CT molecular complexity index is 692. The second-order valence-corrected chi connectivity index (χ2v) is 6.56. The molecule has 7 heteroatoms. The molecule has 3 N–H and O–H groups in total. The van der Waals surface area contributed by atoms with Crippen molar-refractivity contribution in [2.75, 3.05) is 11.1 Å². The van der Waals surface area contributed by atoms with Crippen LogP contribution in [0.25, 0.3) is 0 Å². The predicted octanol–water partition coefficient (Wildman–Crippen LogP) is 4.95. The van der Waals surface area contributed by atoms with E-state index >= 15 is 0 Å². The normalized spacial score (nSPS) is 10.4. The summed E-state index contributed by atoms with van der Waals surface area (Å²) in [5.74, 6) is -0.954. The lowest BCUT2D eigenvalue weighted by molar-refractivity contribution is 0.102. The number of anilines is 2. The third-order valence-electron chi connectivity index (χ3n) is 2.51. The zero-order chi connectivity index (χ0) is 14.9. The van der Waals surface area contributed by atoms with Gasteiger partial charge in [0.15, 0.2) is 0 Å². The number of halogens is 4. The summed E-state index contributed by atoms with van der Waals surface area (Å²) in [6.45, 7) is 0. The minimum Gasteiger partial charge on any atom is -0.396 e. The number of carbonyl (C=O) groups excluding carboxylic acids is 1. The molecule has 0 radical (unpaired) electrons. The molecule has 0 heterocycles. The van der Waals surface area contributed by atoms with Crippen LogP contribution in [0.1, 0.15) is 10.4 Å². The van der Waals surface area contributed by atoms with Crippen molar-refractivity contribution in [3.8, 4) is 0 Å². The van der Waals surface area contributed by atoms with Crippen LogP contribution in [0.4, 0.5) is 15.8 Å². The fourth-order valence-corrected chi connectivity index (χ4v) is 3.16. The van der Waals surface area contributed by atoms with Gasteiger partial charge < -0.3 is 11.1 Å². The van der Waals surface area contributed by atoms with Crippen LogP contribution in [0.2, 0.25) is 0 Å². The van der Waals surface area contributed by atoms with Gasteiger partial charge in [-0.25, -0.2) is 4.39 Å². The average Bonchev–Trinajstić information content (AvgIpc) is 2.37. The molecule has 20 heavy (non-hydrogen) atoms. The van der Waals surface area contributed by atoms with Crippen LogP contribution in [0.15, 0.2) is 43.7 Å². The Labute approximate surface area is 140 Å². The summed E-state index contributed by atoms with van der Waals surface area (Å²) in [6.07, 6.45) is 0. The van der Waals surface area contributed by atoms with Gasteiger partial charge in [-0.15, -0.1) is 0 Å². The summed E-state index contributed by atoms with van der Waals surface area (Å²) >= 11 is 9.83. The number of amides is 1. The molecular weight excluding hydrogens is 459 g/mol. The zero-order valence-corrected chi connectivity index (χ0v) is 14.6. The highest BCUT2D eigenvalue weighted by Gasteiger charge is 2.14. The third kappa shape index (κ3) is 3.39. The molecule has 104 valence electrons. The molecule has 0 unspecified atom stereocenters. The van der Waals surface area contributed by atoms with E-state index in [9.17, 15) is 9.18 Å². The standard InChI is InChI=1S/C13H8Br3FN2O/c14-6-1-2-12(9(16)3-6)19-13(20)7-4-11(18)10(17)5-8(7)15/h1-5H,18H2,(H,19,20).